The van der Waals surface area contributed by atoms with Crippen LogP contribution in [0, 0.1) is 0 Å². The van der Waals surface area contributed by atoms with E-state index in [0.29, 0.717) is 10.9 Å². The molecular weight excluding hydrogens is 344 g/mol. The van der Waals surface area contributed by atoms with Crippen LogP contribution in [-0.4, -0.2) is 47.4 Å². The number of halogens is 1. The first kappa shape index (κ1) is 17.4. The molecule has 132 valence electrons. The molecule has 1 N–H and O–H groups in total. The zero-order chi connectivity index (χ0) is 18.0. The van der Waals surface area contributed by atoms with E-state index in [4.69, 9.17) is 26.2 Å². The van der Waals surface area contributed by atoms with E-state index in [9.17, 15) is 4.79 Å². The van der Waals surface area contributed by atoms with Gasteiger partial charge in [0.15, 0.2) is 0 Å². The summed E-state index contributed by atoms with van der Waals surface area (Å²) in [5.41, 5.74) is 1.15. The van der Waals surface area contributed by atoms with Crippen LogP contribution in [0.4, 0.5) is 4.79 Å². The summed E-state index contributed by atoms with van der Waals surface area (Å²) in [4.78, 5) is 16.7. The molecule has 3 rings (SSSR count). The summed E-state index contributed by atoms with van der Waals surface area (Å²) < 4.78 is 11.1. The molecule has 1 aliphatic carbocycles. The fraction of sp³-hybridized carbons (Fsp3) is 0.333. The van der Waals surface area contributed by atoms with E-state index < -0.39 is 11.6 Å². The summed E-state index contributed by atoms with van der Waals surface area (Å²) in [5, 5.41) is 9.53. The lowest BCUT2D eigenvalue weighted by Crippen LogP contribution is -2.42. The Kier molecular flexibility index (Phi) is 4.72. The van der Waals surface area contributed by atoms with Gasteiger partial charge in [-0.25, -0.2) is 9.78 Å². The van der Waals surface area contributed by atoms with Gasteiger partial charge in [0.05, 0.1) is 18.8 Å². The molecule has 1 saturated carbocycles. The number of likely N-dealkylation sites (N-methyl/N-ethyl adjacent to an activating group) is 1. The molecule has 1 amide bonds. The van der Waals surface area contributed by atoms with Crippen LogP contribution in [0.25, 0.3) is 11.1 Å². The van der Waals surface area contributed by atoms with Crippen LogP contribution in [0.3, 0.4) is 0 Å². The second-order valence-corrected chi connectivity index (χ2v) is 6.45. The van der Waals surface area contributed by atoms with Gasteiger partial charge in [-0.3, -0.25) is 0 Å². The minimum Gasteiger partial charge on any atom is -0.497 e. The Hall–Kier alpha value is -2.47. The van der Waals surface area contributed by atoms with Crippen molar-refractivity contribution in [3.63, 3.8) is 0 Å². The molecule has 25 heavy (non-hydrogen) atoms. The highest BCUT2D eigenvalue weighted by atomic mass is 35.5. The maximum atomic E-state index is 11.2. The maximum absolute atomic E-state index is 11.2. The van der Waals surface area contributed by atoms with Crippen molar-refractivity contribution >= 4 is 17.7 Å². The summed E-state index contributed by atoms with van der Waals surface area (Å²) in [6, 6.07) is 9.31. The first-order chi connectivity index (χ1) is 11.9. The van der Waals surface area contributed by atoms with Gasteiger partial charge in [0.25, 0.3) is 0 Å². The topological polar surface area (TPSA) is 71.9 Å². The fourth-order valence-electron chi connectivity index (χ4n) is 2.64. The zero-order valence-electron chi connectivity index (χ0n) is 14.0. The van der Waals surface area contributed by atoms with Crippen molar-refractivity contribution in [2.24, 2.45) is 0 Å². The molecule has 0 bridgehead atoms. The van der Waals surface area contributed by atoms with Gasteiger partial charge >= 0.3 is 6.09 Å². The number of ether oxygens (including phenoxy) is 2. The number of pyridine rings is 1. The predicted octanol–water partition coefficient (Wildman–Crippen LogP) is 3.93. The Morgan fingerprint density at radius 3 is 2.76 bits per heavy atom. The van der Waals surface area contributed by atoms with Crippen molar-refractivity contribution in [3.05, 3.63) is 41.7 Å². The highest BCUT2D eigenvalue weighted by Crippen LogP contribution is 2.41. The summed E-state index contributed by atoms with van der Waals surface area (Å²) in [6.07, 6.45) is 2.18. The first-order valence-electron chi connectivity index (χ1n) is 7.85. The summed E-state index contributed by atoms with van der Waals surface area (Å²) in [6.45, 7) is 0.288. The standard InChI is InChI=1S/C18H19ClN2O4/c1-21(17(22)23)18(6-7-18)11-25-14-9-15(16(19)20-10-14)12-4-3-5-13(8-12)24-2/h3-5,8-10H,6-7,11H2,1-2H3,(H,22,23). The number of carboxylic acid groups (broad SMARTS) is 1. The molecule has 0 radical (unpaired) electrons. The van der Waals surface area contributed by atoms with Gasteiger partial charge in [-0.05, 0) is 36.6 Å². The van der Waals surface area contributed by atoms with E-state index in [1.54, 1.807) is 26.4 Å². The Morgan fingerprint density at radius 1 is 1.36 bits per heavy atom. The third-order valence-corrected chi connectivity index (χ3v) is 4.83. The number of amides is 1. The van der Waals surface area contributed by atoms with Gasteiger partial charge in [-0.2, -0.15) is 0 Å². The van der Waals surface area contributed by atoms with Crippen LogP contribution in [0.5, 0.6) is 11.5 Å². The van der Waals surface area contributed by atoms with Gasteiger partial charge in [0, 0.05) is 12.6 Å². The van der Waals surface area contributed by atoms with E-state index in [1.165, 1.54) is 4.90 Å². The molecule has 1 heterocycles. The molecule has 0 unspecified atom stereocenters. The third-order valence-electron chi connectivity index (χ3n) is 4.53. The van der Waals surface area contributed by atoms with Gasteiger partial charge in [-0.1, -0.05) is 23.7 Å². The van der Waals surface area contributed by atoms with Gasteiger partial charge < -0.3 is 19.5 Å². The van der Waals surface area contributed by atoms with Crippen LogP contribution < -0.4 is 9.47 Å². The largest absolute Gasteiger partial charge is 0.497 e. The van der Waals surface area contributed by atoms with Crippen molar-refractivity contribution in [3.8, 4) is 22.6 Å². The van der Waals surface area contributed by atoms with E-state index in [0.717, 1.165) is 29.7 Å². The maximum Gasteiger partial charge on any atom is 0.407 e. The van der Waals surface area contributed by atoms with E-state index >= 15 is 0 Å². The molecule has 1 aliphatic rings. The van der Waals surface area contributed by atoms with Gasteiger partial charge in [-0.15, -0.1) is 0 Å². The average molecular weight is 363 g/mol. The van der Waals surface area contributed by atoms with E-state index in [2.05, 4.69) is 4.98 Å². The number of aromatic nitrogens is 1. The van der Waals surface area contributed by atoms with Crippen LogP contribution in [0.1, 0.15) is 12.8 Å². The lowest BCUT2D eigenvalue weighted by Gasteiger charge is -2.25. The molecule has 2 aromatic rings. The molecular formula is C18H19ClN2O4. The number of rotatable bonds is 6. The number of benzene rings is 1. The minimum atomic E-state index is -0.951. The van der Waals surface area contributed by atoms with Crippen LogP contribution in [-0.2, 0) is 0 Å². The molecule has 7 heteroatoms. The van der Waals surface area contributed by atoms with Crippen molar-refractivity contribution in [2.45, 2.75) is 18.4 Å². The Balaban J connectivity index is 1.79. The number of hydrogen-bond donors (Lipinski definition) is 1. The monoisotopic (exact) mass is 362 g/mol. The fourth-order valence-corrected chi connectivity index (χ4v) is 2.85. The highest BCUT2D eigenvalue weighted by molar-refractivity contribution is 6.32. The van der Waals surface area contributed by atoms with Crippen LogP contribution >= 0.6 is 11.6 Å². The molecule has 0 aliphatic heterocycles. The molecule has 0 saturated heterocycles. The number of hydrogen-bond acceptors (Lipinski definition) is 4. The van der Waals surface area contributed by atoms with Crippen molar-refractivity contribution in [1.29, 1.82) is 0 Å². The number of nitrogens with zero attached hydrogens (tertiary/aromatic N) is 2. The van der Waals surface area contributed by atoms with Gasteiger partial charge in [0.1, 0.15) is 23.3 Å². The summed E-state index contributed by atoms with van der Waals surface area (Å²) in [5.74, 6) is 1.27. The second kappa shape index (κ2) is 6.80. The van der Waals surface area contributed by atoms with Crippen LogP contribution in [0.2, 0.25) is 5.15 Å². The normalized spacial score (nSPS) is 14.7. The lowest BCUT2D eigenvalue weighted by atomic mass is 10.1. The molecule has 6 nitrogen and oxygen atoms in total. The van der Waals surface area contributed by atoms with Crippen molar-refractivity contribution < 1.29 is 19.4 Å². The van der Waals surface area contributed by atoms with Crippen molar-refractivity contribution in [1.82, 2.24) is 9.88 Å². The average Bonchev–Trinajstić information content (AvgIpc) is 3.41. The van der Waals surface area contributed by atoms with E-state index in [1.807, 2.05) is 24.3 Å². The number of methoxy groups -OCH3 is 1. The smallest absolute Gasteiger partial charge is 0.407 e. The summed E-state index contributed by atoms with van der Waals surface area (Å²) >= 11 is 6.23. The quantitative estimate of drug-likeness (QED) is 0.788. The Morgan fingerprint density at radius 2 is 2.12 bits per heavy atom. The van der Waals surface area contributed by atoms with Crippen LogP contribution in [0.15, 0.2) is 36.5 Å². The number of carbonyl (C=O) groups is 1. The minimum absolute atomic E-state index is 0.288. The molecule has 1 aromatic carbocycles. The van der Waals surface area contributed by atoms with Crippen molar-refractivity contribution in [2.75, 3.05) is 20.8 Å². The van der Waals surface area contributed by atoms with Gasteiger partial charge in [0.2, 0.25) is 0 Å². The SMILES string of the molecule is COc1cccc(-c2cc(OCC3(N(C)C(=O)O)CC3)cnc2Cl)c1. The first-order valence-corrected chi connectivity index (χ1v) is 8.22. The Bertz CT molecular complexity index is 792. The lowest BCUT2D eigenvalue weighted by molar-refractivity contribution is 0.109. The zero-order valence-corrected chi connectivity index (χ0v) is 14.8. The Labute approximate surface area is 151 Å². The highest BCUT2D eigenvalue weighted by Gasteiger charge is 2.49. The van der Waals surface area contributed by atoms with E-state index in [-0.39, 0.29) is 6.61 Å². The third kappa shape index (κ3) is 3.64. The second-order valence-electron chi connectivity index (χ2n) is 6.10. The molecule has 0 atom stereocenters. The predicted molar refractivity (Wildman–Crippen MR) is 94.5 cm³/mol. The summed E-state index contributed by atoms with van der Waals surface area (Å²) in [7, 11) is 3.17. The molecule has 1 aromatic heterocycles. The molecule has 0 spiro atoms. The molecule has 1 fully saturated rings.